The molecule has 0 aliphatic rings. The number of hydrogen-bond acceptors (Lipinski definition) is 4. The van der Waals surface area contributed by atoms with Crippen molar-refractivity contribution in [3.05, 3.63) is 24.0 Å². The Morgan fingerprint density at radius 3 is 3.00 bits per heavy atom. The van der Waals surface area contributed by atoms with Crippen LogP contribution in [0.3, 0.4) is 0 Å². The van der Waals surface area contributed by atoms with E-state index in [0.717, 1.165) is 0 Å². The summed E-state index contributed by atoms with van der Waals surface area (Å²) in [4.78, 5) is 15.2. The molecule has 0 radical (unpaired) electrons. The highest BCUT2D eigenvalue weighted by Gasteiger charge is 2.07. The van der Waals surface area contributed by atoms with Gasteiger partial charge in [-0.3, -0.25) is 10.2 Å². The molecule has 1 aromatic heterocycles. The van der Waals surface area contributed by atoms with E-state index in [4.69, 9.17) is 5.84 Å². The molecule has 0 saturated heterocycles. The molecule has 0 aliphatic carbocycles. The topological polar surface area (TPSA) is 68.0 Å². The summed E-state index contributed by atoms with van der Waals surface area (Å²) in [5, 5.41) is 0. The summed E-state index contributed by atoms with van der Waals surface area (Å²) in [6.07, 6.45) is 1.50. The lowest BCUT2D eigenvalue weighted by Crippen LogP contribution is -2.31. The first-order valence-electron chi connectivity index (χ1n) is 2.90. The maximum atomic E-state index is 10.9. The van der Waals surface area contributed by atoms with Crippen LogP contribution in [0.4, 0.5) is 0 Å². The Morgan fingerprint density at radius 1 is 1.73 bits per heavy atom. The van der Waals surface area contributed by atoms with Crippen LogP contribution in [0.5, 0.6) is 0 Å². The molecule has 3 N–H and O–H groups in total. The van der Waals surface area contributed by atoms with Crippen molar-refractivity contribution < 1.29 is 4.79 Å². The second-order valence-corrected chi connectivity index (χ2v) is 2.33. The number of nitrogens with two attached hydrogens (primary N) is 1. The minimum absolute atomic E-state index is 0.235. The van der Waals surface area contributed by atoms with Crippen molar-refractivity contribution in [1.29, 1.82) is 0 Å². The molecule has 4 nitrogen and oxygen atoms in total. The Labute approximate surface area is 69.2 Å². The zero-order valence-electron chi connectivity index (χ0n) is 5.61. The molecular formula is C6H7N3OS. The summed E-state index contributed by atoms with van der Waals surface area (Å²) in [6, 6.07) is 3.36. The lowest BCUT2D eigenvalue weighted by molar-refractivity contribution is 0.0945. The van der Waals surface area contributed by atoms with Gasteiger partial charge in [0, 0.05) is 11.1 Å². The SMILES string of the molecule is NNC(=O)c1ncccc1S. The smallest absolute Gasteiger partial charge is 0.284 e. The van der Waals surface area contributed by atoms with E-state index in [2.05, 4.69) is 17.6 Å². The number of carbonyl (C=O) groups excluding carboxylic acids is 1. The van der Waals surface area contributed by atoms with E-state index >= 15 is 0 Å². The Bertz CT molecular complexity index is 276. The normalized spacial score (nSPS) is 9.27. The molecule has 0 saturated carbocycles. The van der Waals surface area contributed by atoms with E-state index in [9.17, 15) is 4.79 Å². The number of rotatable bonds is 1. The summed E-state index contributed by atoms with van der Waals surface area (Å²) in [5.74, 6) is 4.46. The van der Waals surface area contributed by atoms with Gasteiger partial charge in [0.2, 0.25) is 0 Å². The van der Waals surface area contributed by atoms with Crippen LogP contribution in [-0.2, 0) is 0 Å². The van der Waals surface area contributed by atoms with Crippen LogP contribution in [0.15, 0.2) is 23.2 Å². The largest absolute Gasteiger partial charge is 0.289 e. The predicted molar refractivity (Wildman–Crippen MR) is 43.1 cm³/mol. The molecule has 0 aliphatic heterocycles. The quantitative estimate of drug-likeness (QED) is 0.239. The second kappa shape index (κ2) is 3.36. The van der Waals surface area contributed by atoms with Gasteiger partial charge >= 0.3 is 0 Å². The number of hydrogen-bond donors (Lipinski definition) is 3. The van der Waals surface area contributed by atoms with Crippen LogP contribution < -0.4 is 11.3 Å². The third kappa shape index (κ3) is 1.69. The zero-order valence-corrected chi connectivity index (χ0v) is 6.51. The molecule has 11 heavy (non-hydrogen) atoms. The molecule has 5 heteroatoms. The van der Waals surface area contributed by atoms with Gasteiger partial charge in [0.05, 0.1) is 0 Å². The van der Waals surface area contributed by atoms with E-state index in [1.807, 2.05) is 5.43 Å². The van der Waals surface area contributed by atoms with Crippen molar-refractivity contribution in [2.45, 2.75) is 4.90 Å². The van der Waals surface area contributed by atoms with Crippen LogP contribution in [0.1, 0.15) is 10.5 Å². The van der Waals surface area contributed by atoms with Gasteiger partial charge < -0.3 is 0 Å². The van der Waals surface area contributed by atoms with Gasteiger partial charge in [0.25, 0.3) is 5.91 Å². The molecular weight excluding hydrogens is 162 g/mol. The highest BCUT2D eigenvalue weighted by atomic mass is 32.1. The Kier molecular flexibility index (Phi) is 2.45. The van der Waals surface area contributed by atoms with Crippen LogP contribution in [0.25, 0.3) is 0 Å². The van der Waals surface area contributed by atoms with E-state index in [1.165, 1.54) is 6.20 Å². The molecule has 1 rings (SSSR count). The monoisotopic (exact) mass is 169 g/mol. The standard InChI is InChI=1S/C6H7N3OS/c7-9-6(10)5-4(11)2-1-3-8-5/h1-3,11H,7H2,(H,9,10). The molecule has 0 spiro atoms. The number of nitrogens with zero attached hydrogens (tertiary/aromatic N) is 1. The molecule has 0 unspecified atom stereocenters. The summed E-state index contributed by atoms with van der Waals surface area (Å²) < 4.78 is 0. The zero-order chi connectivity index (χ0) is 8.27. The van der Waals surface area contributed by atoms with Crippen LogP contribution >= 0.6 is 12.6 Å². The highest BCUT2D eigenvalue weighted by molar-refractivity contribution is 7.80. The third-order valence-corrected chi connectivity index (χ3v) is 1.49. The number of aromatic nitrogens is 1. The lowest BCUT2D eigenvalue weighted by atomic mass is 10.3. The van der Waals surface area contributed by atoms with Crippen molar-refractivity contribution in [1.82, 2.24) is 10.4 Å². The average Bonchev–Trinajstić information content (AvgIpc) is 2.04. The molecule has 0 bridgehead atoms. The summed E-state index contributed by atoms with van der Waals surface area (Å²) in [6.45, 7) is 0. The minimum Gasteiger partial charge on any atom is -0.289 e. The number of pyridine rings is 1. The summed E-state index contributed by atoms with van der Waals surface area (Å²) in [5.41, 5.74) is 2.21. The van der Waals surface area contributed by atoms with Crippen LogP contribution in [0, 0.1) is 0 Å². The van der Waals surface area contributed by atoms with Crippen molar-refractivity contribution in [3.8, 4) is 0 Å². The lowest BCUT2D eigenvalue weighted by Gasteiger charge is -1.99. The summed E-state index contributed by atoms with van der Waals surface area (Å²) in [7, 11) is 0. The fourth-order valence-corrected chi connectivity index (χ4v) is 0.885. The van der Waals surface area contributed by atoms with E-state index in [0.29, 0.717) is 4.90 Å². The molecule has 1 amide bonds. The maximum absolute atomic E-state index is 10.9. The van der Waals surface area contributed by atoms with Crippen molar-refractivity contribution in [2.24, 2.45) is 5.84 Å². The minimum atomic E-state index is -0.435. The molecule has 1 aromatic rings. The number of hydrazine groups is 1. The van der Waals surface area contributed by atoms with E-state index in [-0.39, 0.29) is 5.69 Å². The first kappa shape index (κ1) is 8.03. The van der Waals surface area contributed by atoms with Gasteiger partial charge in [-0.1, -0.05) is 0 Å². The first-order valence-corrected chi connectivity index (χ1v) is 3.35. The Balaban J connectivity index is 3.03. The van der Waals surface area contributed by atoms with Gasteiger partial charge in [0.15, 0.2) is 0 Å². The third-order valence-electron chi connectivity index (χ3n) is 1.13. The highest BCUT2D eigenvalue weighted by Crippen LogP contribution is 2.08. The fourth-order valence-electron chi connectivity index (χ4n) is 0.640. The fraction of sp³-hybridized carbons (Fsp3) is 0. The molecule has 0 aromatic carbocycles. The Hall–Kier alpha value is -1.07. The van der Waals surface area contributed by atoms with E-state index < -0.39 is 5.91 Å². The number of carbonyl (C=O) groups is 1. The number of amides is 1. The summed E-state index contributed by atoms with van der Waals surface area (Å²) >= 11 is 4.01. The number of nitrogen functional groups attached to an aromatic ring is 1. The van der Waals surface area contributed by atoms with E-state index in [1.54, 1.807) is 12.1 Å². The van der Waals surface area contributed by atoms with Crippen molar-refractivity contribution in [2.75, 3.05) is 0 Å². The second-order valence-electron chi connectivity index (χ2n) is 1.84. The van der Waals surface area contributed by atoms with Crippen molar-refractivity contribution in [3.63, 3.8) is 0 Å². The molecule has 0 atom stereocenters. The van der Waals surface area contributed by atoms with Gasteiger partial charge in [-0.05, 0) is 12.1 Å². The van der Waals surface area contributed by atoms with Crippen molar-refractivity contribution >= 4 is 18.5 Å². The molecule has 1 heterocycles. The predicted octanol–water partition coefficient (Wildman–Crippen LogP) is -0.0262. The maximum Gasteiger partial charge on any atom is 0.284 e. The van der Waals surface area contributed by atoms with Gasteiger partial charge in [-0.25, -0.2) is 10.8 Å². The Morgan fingerprint density at radius 2 is 2.45 bits per heavy atom. The van der Waals surface area contributed by atoms with Gasteiger partial charge in [-0.2, -0.15) is 0 Å². The van der Waals surface area contributed by atoms with Gasteiger partial charge in [0.1, 0.15) is 5.69 Å². The number of nitrogens with one attached hydrogen (secondary N) is 1. The number of thiol groups is 1. The van der Waals surface area contributed by atoms with Gasteiger partial charge in [-0.15, -0.1) is 12.6 Å². The van der Waals surface area contributed by atoms with Crippen LogP contribution in [-0.4, -0.2) is 10.9 Å². The van der Waals surface area contributed by atoms with Crippen LogP contribution in [0.2, 0.25) is 0 Å². The first-order chi connectivity index (χ1) is 5.25. The molecule has 0 fully saturated rings. The average molecular weight is 169 g/mol. The molecule has 58 valence electrons.